The average molecular weight is 310 g/mol. The van der Waals surface area contributed by atoms with Crippen LogP contribution < -0.4 is 0 Å². The molecule has 2 aliphatic carbocycles. The van der Waals surface area contributed by atoms with Crippen molar-refractivity contribution in [3.63, 3.8) is 0 Å². The van der Waals surface area contributed by atoms with Crippen LogP contribution in [-0.2, 0) is 0 Å². The maximum atomic E-state index is 14.9. The van der Waals surface area contributed by atoms with Gasteiger partial charge in [0.05, 0.1) is 12.2 Å². The molecular formula is C18H24F2O2. The van der Waals surface area contributed by atoms with Gasteiger partial charge in [0, 0.05) is 37.0 Å². The van der Waals surface area contributed by atoms with E-state index in [2.05, 4.69) is 24.8 Å². The second kappa shape index (κ2) is 6.68. The van der Waals surface area contributed by atoms with Crippen molar-refractivity contribution in [3.05, 3.63) is 19.1 Å². The molecule has 8 atom stereocenters. The molecule has 0 aromatic heterocycles. The maximum Gasteiger partial charge on any atom is 0.148 e. The fourth-order valence-electron chi connectivity index (χ4n) is 3.91. The van der Waals surface area contributed by atoms with Gasteiger partial charge in [0.2, 0.25) is 0 Å². The van der Waals surface area contributed by atoms with Crippen LogP contribution in [0.25, 0.3) is 0 Å². The molecule has 2 aliphatic rings. The number of aliphatic hydroxyl groups is 2. The molecule has 2 N–H and O–H groups in total. The van der Waals surface area contributed by atoms with Gasteiger partial charge in [-0.3, -0.25) is 0 Å². The largest absolute Gasteiger partial charge is 0.393 e. The van der Waals surface area contributed by atoms with Crippen LogP contribution in [0.1, 0.15) is 33.1 Å². The molecule has 6 unspecified atom stereocenters. The van der Waals surface area contributed by atoms with E-state index in [4.69, 9.17) is 0 Å². The highest BCUT2D eigenvalue weighted by Gasteiger charge is 2.63. The SMILES string of the molecule is C=C[C@H](O)[C@@H](C)C(C#CCC)C1C(O)CC2(F)C(F)[C]CC12. The molecular weight excluding hydrogens is 286 g/mol. The van der Waals surface area contributed by atoms with Gasteiger partial charge in [0.15, 0.2) is 0 Å². The van der Waals surface area contributed by atoms with Gasteiger partial charge in [-0.2, -0.15) is 0 Å². The first-order chi connectivity index (χ1) is 10.4. The van der Waals surface area contributed by atoms with Crippen LogP contribution in [0.2, 0.25) is 0 Å². The van der Waals surface area contributed by atoms with Crippen molar-refractivity contribution in [1.82, 2.24) is 0 Å². The van der Waals surface area contributed by atoms with E-state index in [1.54, 1.807) is 0 Å². The second-order valence-electron chi connectivity index (χ2n) is 6.44. The predicted octanol–water partition coefficient (Wildman–Crippen LogP) is 2.73. The van der Waals surface area contributed by atoms with Crippen molar-refractivity contribution >= 4 is 0 Å². The van der Waals surface area contributed by atoms with E-state index >= 15 is 0 Å². The number of hydrogen-bond acceptors (Lipinski definition) is 2. The van der Waals surface area contributed by atoms with Gasteiger partial charge in [0.25, 0.3) is 0 Å². The molecule has 22 heavy (non-hydrogen) atoms. The van der Waals surface area contributed by atoms with Crippen molar-refractivity contribution < 1.29 is 19.0 Å². The lowest BCUT2D eigenvalue weighted by Crippen LogP contribution is -2.38. The monoisotopic (exact) mass is 310 g/mol. The highest BCUT2D eigenvalue weighted by Crippen LogP contribution is 2.57. The summed E-state index contributed by atoms with van der Waals surface area (Å²) in [6.45, 7) is 7.28. The van der Waals surface area contributed by atoms with Gasteiger partial charge in [0.1, 0.15) is 11.8 Å². The molecule has 4 heteroatoms. The zero-order valence-corrected chi connectivity index (χ0v) is 13.1. The minimum Gasteiger partial charge on any atom is -0.393 e. The Kier molecular flexibility index (Phi) is 5.29. The predicted molar refractivity (Wildman–Crippen MR) is 81.1 cm³/mol. The first-order valence-corrected chi connectivity index (χ1v) is 7.90. The first-order valence-electron chi connectivity index (χ1n) is 7.90. The molecule has 0 saturated heterocycles. The summed E-state index contributed by atoms with van der Waals surface area (Å²) < 4.78 is 28.7. The van der Waals surface area contributed by atoms with Gasteiger partial charge < -0.3 is 10.2 Å². The lowest BCUT2D eigenvalue weighted by Gasteiger charge is -2.33. The molecule has 2 saturated carbocycles. The Bertz CT molecular complexity index is 469. The normalized spacial score (nSPS) is 41.2. The van der Waals surface area contributed by atoms with E-state index in [0.29, 0.717) is 6.42 Å². The van der Waals surface area contributed by atoms with Crippen LogP contribution in [0.3, 0.4) is 0 Å². The zero-order chi connectivity index (χ0) is 16.5. The molecule has 2 fully saturated rings. The van der Waals surface area contributed by atoms with Gasteiger partial charge in [-0.05, 0) is 12.3 Å². The van der Waals surface area contributed by atoms with Crippen LogP contribution in [0.4, 0.5) is 8.78 Å². The van der Waals surface area contributed by atoms with Crippen LogP contribution >= 0.6 is 0 Å². The minimum absolute atomic E-state index is 0.181. The Hall–Kier alpha value is -0.920. The van der Waals surface area contributed by atoms with Crippen LogP contribution in [0.15, 0.2) is 12.7 Å². The minimum atomic E-state index is -2.05. The summed E-state index contributed by atoms with van der Waals surface area (Å²) in [6.07, 6.45) is 1.02. The Morgan fingerprint density at radius 3 is 2.82 bits per heavy atom. The number of hydrogen-bond donors (Lipinski definition) is 2. The summed E-state index contributed by atoms with van der Waals surface area (Å²) in [5.74, 6) is 4.19. The van der Waals surface area contributed by atoms with E-state index in [9.17, 15) is 19.0 Å². The van der Waals surface area contributed by atoms with Crippen LogP contribution in [-0.4, -0.2) is 34.3 Å². The maximum absolute atomic E-state index is 14.9. The lowest BCUT2D eigenvalue weighted by atomic mass is 9.73. The number of fused-ring (bicyclic) bond motifs is 1. The summed E-state index contributed by atoms with van der Waals surface area (Å²) in [4.78, 5) is 0. The fraction of sp³-hybridized carbons (Fsp3) is 0.722. The number of halogens is 2. The third-order valence-electron chi connectivity index (χ3n) is 5.19. The topological polar surface area (TPSA) is 40.5 Å². The van der Waals surface area contributed by atoms with E-state index in [1.165, 1.54) is 6.08 Å². The molecule has 2 nitrogen and oxygen atoms in total. The molecule has 122 valence electrons. The molecule has 0 bridgehead atoms. The molecule has 0 spiro atoms. The fourth-order valence-corrected chi connectivity index (χ4v) is 3.91. The standard InChI is InChI=1S/C18H24F2O2/c1-4-6-7-12(11(3)14(21)5-2)17-13-8-9-16(19)18(13,20)10-15(17)22/h5,11-17,21-22H,2,4,8,10H2,1,3H3/t11-,12?,13?,14-,15?,16?,17?,18?/m0/s1. The molecule has 2 rings (SSSR count). The van der Waals surface area contributed by atoms with Crippen molar-refractivity contribution in [2.24, 2.45) is 23.7 Å². The lowest BCUT2D eigenvalue weighted by molar-refractivity contribution is 0.0373. The molecule has 2 radical (unpaired) electrons. The highest BCUT2D eigenvalue weighted by atomic mass is 19.2. The van der Waals surface area contributed by atoms with Crippen LogP contribution in [0.5, 0.6) is 0 Å². The smallest absolute Gasteiger partial charge is 0.148 e. The summed E-state index contributed by atoms with van der Waals surface area (Å²) in [6, 6.07) is 0. The van der Waals surface area contributed by atoms with Gasteiger partial charge in [-0.25, -0.2) is 8.78 Å². The Morgan fingerprint density at radius 1 is 1.55 bits per heavy atom. The van der Waals surface area contributed by atoms with Crippen molar-refractivity contribution in [2.75, 3.05) is 0 Å². The second-order valence-corrected chi connectivity index (χ2v) is 6.44. The number of aliphatic hydroxyl groups excluding tert-OH is 2. The average Bonchev–Trinajstić information content (AvgIpc) is 2.91. The number of alkyl halides is 2. The Labute approximate surface area is 131 Å². The van der Waals surface area contributed by atoms with Crippen molar-refractivity contribution in [3.8, 4) is 11.8 Å². The van der Waals surface area contributed by atoms with Gasteiger partial charge in [-0.1, -0.05) is 25.8 Å². The Morgan fingerprint density at radius 2 is 2.23 bits per heavy atom. The third-order valence-corrected chi connectivity index (χ3v) is 5.19. The van der Waals surface area contributed by atoms with Gasteiger partial charge >= 0.3 is 0 Å². The van der Waals surface area contributed by atoms with E-state index in [1.807, 2.05) is 13.8 Å². The van der Waals surface area contributed by atoms with E-state index in [0.717, 1.165) is 0 Å². The van der Waals surface area contributed by atoms with Crippen LogP contribution in [0, 0.1) is 41.9 Å². The summed E-state index contributed by atoms with van der Waals surface area (Å²) >= 11 is 0. The molecule has 0 aromatic rings. The van der Waals surface area contributed by atoms with Gasteiger partial charge in [-0.15, -0.1) is 12.5 Å². The first kappa shape index (κ1) is 17.4. The summed E-state index contributed by atoms with van der Waals surface area (Å²) in [5, 5.41) is 20.4. The third kappa shape index (κ3) is 2.81. The molecule has 0 heterocycles. The zero-order valence-electron chi connectivity index (χ0n) is 13.1. The molecule has 0 aromatic carbocycles. The Balaban J connectivity index is 2.33. The summed E-state index contributed by atoms with van der Waals surface area (Å²) in [5.41, 5.74) is -2.05. The van der Waals surface area contributed by atoms with E-state index < -0.39 is 41.8 Å². The molecule has 0 amide bonds. The quantitative estimate of drug-likeness (QED) is 0.619. The van der Waals surface area contributed by atoms with Crippen molar-refractivity contribution in [1.29, 1.82) is 0 Å². The molecule has 0 aliphatic heterocycles. The summed E-state index contributed by atoms with van der Waals surface area (Å²) in [7, 11) is 0. The number of rotatable bonds is 4. The van der Waals surface area contributed by atoms with Crippen molar-refractivity contribution in [2.45, 2.75) is 57.2 Å². The highest BCUT2D eigenvalue weighted by molar-refractivity contribution is 5.21. The van der Waals surface area contributed by atoms with E-state index in [-0.39, 0.29) is 18.8 Å².